The summed E-state index contributed by atoms with van der Waals surface area (Å²) in [5.74, 6) is -0.0139. The average molecular weight is 145 g/mol. The summed E-state index contributed by atoms with van der Waals surface area (Å²) in [4.78, 5) is 10.9. The summed E-state index contributed by atoms with van der Waals surface area (Å²) in [5, 5.41) is 8.68. The van der Waals surface area contributed by atoms with Crippen molar-refractivity contribution in [3.05, 3.63) is 0 Å². The van der Waals surface area contributed by atoms with Gasteiger partial charge in [0.25, 0.3) is 0 Å². The number of nitrogens with one attached hydrogen (secondary N) is 1. The number of carbonyl (C=O) groups is 1. The van der Waals surface area contributed by atoms with Crippen molar-refractivity contribution >= 4 is 5.78 Å². The fourth-order valence-electron chi connectivity index (χ4n) is 0.985. The van der Waals surface area contributed by atoms with Gasteiger partial charge in [-0.1, -0.05) is 13.8 Å². The van der Waals surface area contributed by atoms with Crippen LogP contribution in [-0.2, 0) is 4.79 Å². The Morgan fingerprint density at radius 2 is 1.90 bits per heavy atom. The average Bonchev–Trinajstić information content (AvgIpc) is 1.92. The molecule has 2 N–H and O–H groups in total. The Bertz CT molecular complexity index is 111. The lowest BCUT2D eigenvalue weighted by Gasteiger charge is -2.26. The molecule has 60 valence electrons. The molecular formula is C7H15NO2. The van der Waals surface area contributed by atoms with Crippen molar-refractivity contribution in [2.45, 2.75) is 39.2 Å². The largest absolute Gasteiger partial charge is 0.316 e. The summed E-state index contributed by atoms with van der Waals surface area (Å²) in [6, 6.07) is 0. The first-order chi connectivity index (χ1) is 4.63. The van der Waals surface area contributed by atoms with Gasteiger partial charge in [0.1, 0.15) is 5.54 Å². The molecule has 0 fully saturated rings. The molecule has 0 aliphatic rings. The highest BCUT2D eigenvalue weighted by atomic mass is 16.5. The summed E-state index contributed by atoms with van der Waals surface area (Å²) in [6.07, 6.45) is 1.24. The molecule has 0 unspecified atom stereocenters. The molecule has 0 radical (unpaired) electrons. The number of ketones is 1. The van der Waals surface area contributed by atoms with E-state index in [2.05, 4.69) is 5.48 Å². The first kappa shape index (κ1) is 9.59. The lowest BCUT2D eigenvalue weighted by Crippen LogP contribution is -2.48. The van der Waals surface area contributed by atoms with Crippen LogP contribution in [0.15, 0.2) is 0 Å². The molecule has 0 aromatic carbocycles. The third-order valence-corrected chi connectivity index (χ3v) is 2.10. The Morgan fingerprint density at radius 1 is 1.50 bits per heavy atom. The zero-order valence-electron chi connectivity index (χ0n) is 6.77. The minimum Gasteiger partial charge on any atom is -0.316 e. The van der Waals surface area contributed by atoms with E-state index in [-0.39, 0.29) is 5.78 Å². The summed E-state index contributed by atoms with van der Waals surface area (Å²) >= 11 is 0. The predicted octanol–water partition coefficient (Wildman–Crippen LogP) is 1.11. The third-order valence-electron chi connectivity index (χ3n) is 2.10. The normalized spacial score (nSPS) is 11.6. The van der Waals surface area contributed by atoms with Crippen LogP contribution in [0.3, 0.4) is 0 Å². The van der Waals surface area contributed by atoms with Gasteiger partial charge in [-0.05, 0) is 19.8 Å². The number of hydrogen-bond donors (Lipinski definition) is 2. The molecule has 3 nitrogen and oxygen atoms in total. The van der Waals surface area contributed by atoms with Gasteiger partial charge in [0.2, 0.25) is 0 Å². The Kier molecular flexibility index (Phi) is 3.53. The van der Waals surface area contributed by atoms with Crippen molar-refractivity contribution in [1.82, 2.24) is 5.48 Å². The minimum absolute atomic E-state index is 0.0139. The van der Waals surface area contributed by atoms with E-state index in [4.69, 9.17) is 5.21 Å². The van der Waals surface area contributed by atoms with Gasteiger partial charge in [-0.2, -0.15) is 5.48 Å². The zero-order chi connectivity index (χ0) is 8.20. The van der Waals surface area contributed by atoms with Crippen LogP contribution in [0, 0.1) is 0 Å². The minimum atomic E-state index is -0.708. The molecule has 0 amide bonds. The highest BCUT2D eigenvalue weighted by molar-refractivity contribution is 5.85. The van der Waals surface area contributed by atoms with E-state index in [1.165, 1.54) is 6.92 Å². The van der Waals surface area contributed by atoms with Crippen LogP contribution in [0.25, 0.3) is 0 Å². The first-order valence-electron chi connectivity index (χ1n) is 3.55. The Hall–Kier alpha value is -0.410. The Morgan fingerprint density at radius 3 is 1.90 bits per heavy atom. The molecule has 0 saturated carbocycles. The van der Waals surface area contributed by atoms with Gasteiger partial charge in [0, 0.05) is 0 Å². The van der Waals surface area contributed by atoms with E-state index in [0.29, 0.717) is 12.8 Å². The standard InChI is InChI=1S/C7H15NO2/c1-4-7(5-2,8-10)6(3)9/h8,10H,4-5H2,1-3H3. The van der Waals surface area contributed by atoms with E-state index in [1.54, 1.807) is 0 Å². The van der Waals surface area contributed by atoms with Crippen molar-refractivity contribution < 1.29 is 10.0 Å². The van der Waals surface area contributed by atoms with Crippen LogP contribution >= 0.6 is 0 Å². The van der Waals surface area contributed by atoms with Crippen molar-refractivity contribution in [1.29, 1.82) is 0 Å². The molecule has 0 spiro atoms. The summed E-state index contributed by atoms with van der Waals surface area (Å²) in [7, 11) is 0. The molecule has 0 rings (SSSR count). The molecule has 10 heavy (non-hydrogen) atoms. The van der Waals surface area contributed by atoms with Gasteiger partial charge in [0.05, 0.1) is 0 Å². The van der Waals surface area contributed by atoms with Crippen LogP contribution in [0.1, 0.15) is 33.6 Å². The summed E-state index contributed by atoms with van der Waals surface area (Å²) in [6.45, 7) is 5.22. The fraction of sp³-hybridized carbons (Fsp3) is 0.857. The maximum atomic E-state index is 10.9. The summed E-state index contributed by atoms with van der Waals surface area (Å²) in [5.41, 5.74) is 1.36. The molecule has 0 aromatic rings. The van der Waals surface area contributed by atoms with Crippen LogP contribution < -0.4 is 5.48 Å². The third kappa shape index (κ3) is 1.55. The van der Waals surface area contributed by atoms with Gasteiger partial charge < -0.3 is 5.21 Å². The lowest BCUT2D eigenvalue weighted by atomic mass is 9.90. The maximum absolute atomic E-state index is 10.9. The number of carbonyl (C=O) groups excluding carboxylic acids is 1. The van der Waals surface area contributed by atoms with Crippen LogP contribution in [0.4, 0.5) is 0 Å². The molecule has 0 atom stereocenters. The van der Waals surface area contributed by atoms with E-state index >= 15 is 0 Å². The number of hydrogen-bond acceptors (Lipinski definition) is 3. The van der Waals surface area contributed by atoms with Crippen molar-refractivity contribution in [3.8, 4) is 0 Å². The predicted molar refractivity (Wildman–Crippen MR) is 38.9 cm³/mol. The van der Waals surface area contributed by atoms with Gasteiger partial charge in [-0.3, -0.25) is 4.79 Å². The molecule has 0 saturated heterocycles. The maximum Gasteiger partial charge on any atom is 0.152 e. The number of Topliss-reactive ketones (excluding diaryl/α,β-unsaturated/α-hetero) is 1. The molecule has 0 aliphatic carbocycles. The highest BCUT2D eigenvalue weighted by Gasteiger charge is 2.30. The quantitative estimate of drug-likeness (QED) is 0.583. The second-order valence-electron chi connectivity index (χ2n) is 2.46. The zero-order valence-corrected chi connectivity index (χ0v) is 6.77. The molecule has 0 aliphatic heterocycles. The van der Waals surface area contributed by atoms with Gasteiger partial charge in [-0.15, -0.1) is 0 Å². The van der Waals surface area contributed by atoms with Crippen LogP contribution in [-0.4, -0.2) is 16.5 Å². The van der Waals surface area contributed by atoms with Gasteiger partial charge in [0.15, 0.2) is 5.78 Å². The number of hydroxylamine groups is 1. The highest BCUT2D eigenvalue weighted by Crippen LogP contribution is 2.14. The fourth-order valence-corrected chi connectivity index (χ4v) is 0.985. The molecule has 3 heteroatoms. The van der Waals surface area contributed by atoms with Crippen LogP contribution in [0.5, 0.6) is 0 Å². The molecule has 0 aromatic heterocycles. The monoisotopic (exact) mass is 145 g/mol. The first-order valence-corrected chi connectivity index (χ1v) is 3.55. The topological polar surface area (TPSA) is 49.3 Å². The SMILES string of the molecule is CCC(CC)(NO)C(C)=O. The van der Waals surface area contributed by atoms with E-state index in [1.807, 2.05) is 13.8 Å². The van der Waals surface area contributed by atoms with Crippen LogP contribution in [0.2, 0.25) is 0 Å². The van der Waals surface area contributed by atoms with Gasteiger partial charge in [-0.25, -0.2) is 0 Å². The van der Waals surface area contributed by atoms with Crippen molar-refractivity contribution in [2.75, 3.05) is 0 Å². The number of rotatable bonds is 4. The van der Waals surface area contributed by atoms with E-state index in [0.717, 1.165) is 0 Å². The Balaban J connectivity index is 4.31. The molecule has 0 bridgehead atoms. The van der Waals surface area contributed by atoms with Gasteiger partial charge >= 0.3 is 0 Å². The summed E-state index contributed by atoms with van der Waals surface area (Å²) < 4.78 is 0. The second-order valence-corrected chi connectivity index (χ2v) is 2.46. The smallest absolute Gasteiger partial charge is 0.152 e. The van der Waals surface area contributed by atoms with E-state index < -0.39 is 5.54 Å². The van der Waals surface area contributed by atoms with Crippen molar-refractivity contribution in [3.63, 3.8) is 0 Å². The van der Waals surface area contributed by atoms with E-state index in [9.17, 15) is 4.79 Å². The molecular weight excluding hydrogens is 130 g/mol. The lowest BCUT2D eigenvalue weighted by molar-refractivity contribution is -0.128. The Labute approximate surface area is 61.4 Å². The van der Waals surface area contributed by atoms with Crippen molar-refractivity contribution in [2.24, 2.45) is 0 Å². The molecule has 0 heterocycles. The second kappa shape index (κ2) is 3.68.